The molecule has 0 aliphatic rings. The number of hydrogen-bond donors (Lipinski definition) is 0. The van der Waals surface area contributed by atoms with Crippen molar-refractivity contribution in [2.24, 2.45) is 0 Å². The van der Waals surface area contributed by atoms with Gasteiger partial charge in [-0.1, -0.05) is 113 Å². The summed E-state index contributed by atoms with van der Waals surface area (Å²) in [4.78, 5) is 0. The number of halogens is 5. The number of benzene rings is 6. The molecule has 0 N–H and O–H groups in total. The normalized spacial score (nSPS) is 11.2. The Bertz CT molecular complexity index is 1800. The van der Waals surface area contributed by atoms with Crippen LogP contribution in [0, 0.1) is 0 Å². The van der Waals surface area contributed by atoms with Gasteiger partial charge in [-0.15, -0.1) is 0 Å². The molecule has 0 atom stereocenters. The average molecular weight is 605 g/mol. The predicted octanol–water partition coefficient (Wildman–Crippen LogP) is 12.8. The lowest BCUT2D eigenvalue weighted by molar-refractivity contribution is 1.57. The number of rotatable bonds is 4. The van der Waals surface area contributed by atoms with Crippen LogP contribution in [0.25, 0.3) is 55.3 Å². The van der Waals surface area contributed by atoms with Gasteiger partial charge in [0.1, 0.15) is 0 Å². The fourth-order valence-electron chi connectivity index (χ4n) is 5.10. The van der Waals surface area contributed by atoms with Gasteiger partial charge in [-0.25, -0.2) is 0 Å². The van der Waals surface area contributed by atoms with Gasteiger partial charge in [0.15, 0.2) is 0 Å². The first kappa shape index (κ1) is 26.3. The van der Waals surface area contributed by atoms with E-state index in [1.165, 1.54) is 0 Å². The van der Waals surface area contributed by atoms with Gasteiger partial charge in [0, 0.05) is 25.1 Å². The minimum absolute atomic E-state index is 0.654. The second-order valence-electron chi connectivity index (χ2n) is 9.22. The molecule has 0 aliphatic heterocycles. The molecule has 0 aromatic heterocycles. The van der Waals surface area contributed by atoms with Gasteiger partial charge in [-0.2, -0.15) is 0 Å². The second-order valence-corrected chi connectivity index (χ2v) is 11.4. The van der Waals surface area contributed by atoms with E-state index in [0.29, 0.717) is 25.1 Å². The highest BCUT2D eigenvalue weighted by atomic mass is 35.5. The summed E-state index contributed by atoms with van der Waals surface area (Å²) in [5, 5.41) is 5.43. The third kappa shape index (κ3) is 5.16. The third-order valence-corrected chi connectivity index (χ3v) is 8.04. The zero-order valence-corrected chi connectivity index (χ0v) is 24.1. The Balaban J connectivity index is 1.88. The van der Waals surface area contributed by atoms with E-state index < -0.39 is 0 Å². The molecule has 0 unspecified atom stereocenters. The van der Waals surface area contributed by atoms with Crippen molar-refractivity contribution in [3.05, 3.63) is 140 Å². The summed E-state index contributed by atoms with van der Waals surface area (Å²) in [5.41, 5.74) is 8.35. The first-order valence-electron chi connectivity index (χ1n) is 12.2. The average Bonchev–Trinajstić information content (AvgIpc) is 2.94. The van der Waals surface area contributed by atoms with Crippen molar-refractivity contribution in [2.75, 3.05) is 0 Å². The monoisotopic (exact) mass is 602 g/mol. The molecule has 5 heteroatoms. The summed E-state index contributed by atoms with van der Waals surface area (Å²) in [6, 6.07) is 37.8. The summed E-state index contributed by atoms with van der Waals surface area (Å²) in [5.74, 6) is 0. The molecule has 0 fully saturated rings. The van der Waals surface area contributed by atoms with Crippen LogP contribution in [0.4, 0.5) is 0 Å². The van der Waals surface area contributed by atoms with E-state index in [1.54, 1.807) is 0 Å². The van der Waals surface area contributed by atoms with E-state index in [9.17, 15) is 0 Å². The smallest absolute Gasteiger partial charge is 0.0412 e. The molecule has 0 bridgehead atoms. The van der Waals surface area contributed by atoms with Crippen LogP contribution in [-0.2, 0) is 0 Å². The molecular formula is C34H19Cl5. The molecule has 0 aliphatic carbocycles. The third-order valence-electron chi connectivity index (χ3n) is 6.80. The van der Waals surface area contributed by atoms with E-state index in [-0.39, 0.29) is 0 Å². The number of hydrogen-bond acceptors (Lipinski definition) is 0. The molecule has 190 valence electrons. The van der Waals surface area contributed by atoms with Gasteiger partial charge in [0.2, 0.25) is 0 Å². The van der Waals surface area contributed by atoms with Crippen LogP contribution in [0.1, 0.15) is 0 Å². The van der Waals surface area contributed by atoms with Gasteiger partial charge in [0.05, 0.1) is 0 Å². The van der Waals surface area contributed by atoms with Crippen molar-refractivity contribution in [1.82, 2.24) is 0 Å². The maximum atomic E-state index is 6.65. The largest absolute Gasteiger partial charge is 0.0843 e. The van der Waals surface area contributed by atoms with Crippen LogP contribution in [0.3, 0.4) is 0 Å². The Hall–Kier alpha value is -2.97. The molecule has 6 rings (SSSR count). The second kappa shape index (κ2) is 10.9. The maximum absolute atomic E-state index is 6.65. The lowest BCUT2D eigenvalue weighted by atomic mass is 9.79. The van der Waals surface area contributed by atoms with Crippen LogP contribution in [0.5, 0.6) is 0 Å². The fourth-order valence-corrected chi connectivity index (χ4v) is 5.78. The Morgan fingerprint density at radius 1 is 0.256 bits per heavy atom. The standard InChI is InChI=1S/C34H19Cl5/c35-24-9-1-20(2-10-24)31-29-18-17-28(39)19-30(29)32(21-3-11-25(36)12-4-21)34(23-7-15-27(38)16-8-23)33(31)22-5-13-26(37)14-6-22/h1-19H. The fraction of sp³-hybridized carbons (Fsp3) is 0. The number of fused-ring (bicyclic) bond motifs is 1. The highest BCUT2D eigenvalue weighted by Crippen LogP contribution is 2.51. The molecule has 0 spiro atoms. The zero-order chi connectivity index (χ0) is 27.1. The minimum Gasteiger partial charge on any atom is -0.0843 e. The lowest BCUT2D eigenvalue weighted by Gasteiger charge is -2.24. The van der Waals surface area contributed by atoms with Gasteiger partial charge >= 0.3 is 0 Å². The molecule has 0 heterocycles. The van der Waals surface area contributed by atoms with Crippen molar-refractivity contribution in [3.63, 3.8) is 0 Å². The minimum atomic E-state index is 0.654. The Morgan fingerprint density at radius 3 is 0.897 bits per heavy atom. The predicted molar refractivity (Wildman–Crippen MR) is 171 cm³/mol. The SMILES string of the molecule is Clc1ccc(-c2c(-c3ccc(Cl)cc3)c(-c3ccc(Cl)cc3)c3cc(Cl)ccc3c2-c2ccc(Cl)cc2)cc1. The van der Waals surface area contributed by atoms with Crippen molar-refractivity contribution in [1.29, 1.82) is 0 Å². The van der Waals surface area contributed by atoms with E-state index in [4.69, 9.17) is 58.0 Å². The zero-order valence-electron chi connectivity index (χ0n) is 20.4. The first-order valence-corrected chi connectivity index (χ1v) is 14.1. The molecule has 0 saturated heterocycles. The van der Waals surface area contributed by atoms with E-state index in [1.807, 2.05) is 72.8 Å². The first-order chi connectivity index (χ1) is 18.9. The lowest BCUT2D eigenvalue weighted by Crippen LogP contribution is -1.97. The topological polar surface area (TPSA) is 0 Å². The summed E-state index contributed by atoms with van der Waals surface area (Å²) < 4.78 is 0. The molecule has 0 radical (unpaired) electrons. The van der Waals surface area contributed by atoms with Crippen LogP contribution < -0.4 is 0 Å². The quantitative estimate of drug-likeness (QED) is 0.188. The highest BCUT2D eigenvalue weighted by Gasteiger charge is 2.24. The Kier molecular flexibility index (Phi) is 7.33. The van der Waals surface area contributed by atoms with Crippen LogP contribution in [0.2, 0.25) is 25.1 Å². The van der Waals surface area contributed by atoms with Crippen LogP contribution >= 0.6 is 58.0 Å². The van der Waals surface area contributed by atoms with Crippen molar-refractivity contribution < 1.29 is 0 Å². The van der Waals surface area contributed by atoms with Crippen molar-refractivity contribution in [3.8, 4) is 44.5 Å². The molecule has 39 heavy (non-hydrogen) atoms. The van der Waals surface area contributed by atoms with Gasteiger partial charge < -0.3 is 0 Å². The van der Waals surface area contributed by atoms with Gasteiger partial charge in [0.25, 0.3) is 0 Å². The molecule has 0 nitrogen and oxygen atoms in total. The Labute approximate surface area is 252 Å². The van der Waals surface area contributed by atoms with Crippen molar-refractivity contribution in [2.45, 2.75) is 0 Å². The van der Waals surface area contributed by atoms with Crippen molar-refractivity contribution >= 4 is 68.8 Å². The van der Waals surface area contributed by atoms with Gasteiger partial charge in [-0.05, 0) is 116 Å². The Morgan fingerprint density at radius 2 is 0.538 bits per heavy atom. The summed E-state index contributed by atoms with van der Waals surface area (Å²) in [6.45, 7) is 0. The van der Waals surface area contributed by atoms with E-state index in [0.717, 1.165) is 55.3 Å². The van der Waals surface area contributed by atoms with E-state index >= 15 is 0 Å². The molecule has 0 amide bonds. The highest BCUT2D eigenvalue weighted by molar-refractivity contribution is 6.33. The molecule has 6 aromatic carbocycles. The summed E-state index contributed by atoms with van der Waals surface area (Å²) in [6.07, 6.45) is 0. The summed E-state index contributed by atoms with van der Waals surface area (Å²) >= 11 is 32.0. The molecular weight excluding hydrogens is 586 g/mol. The van der Waals surface area contributed by atoms with Crippen LogP contribution in [0.15, 0.2) is 115 Å². The van der Waals surface area contributed by atoms with Crippen LogP contribution in [-0.4, -0.2) is 0 Å². The maximum Gasteiger partial charge on any atom is 0.0412 e. The molecule has 0 saturated carbocycles. The van der Waals surface area contributed by atoms with Gasteiger partial charge in [-0.3, -0.25) is 0 Å². The van der Waals surface area contributed by atoms with E-state index in [2.05, 4.69) is 42.5 Å². The summed E-state index contributed by atoms with van der Waals surface area (Å²) in [7, 11) is 0. The molecule has 6 aromatic rings.